The molecule has 0 saturated heterocycles. The summed E-state index contributed by atoms with van der Waals surface area (Å²) < 4.78 is 1.99. The second kappa shape index (κ2) is 6.35. The zero-order valence-corrected chi connectivity index (χ0v) is 13.8. The summed E-state index contributed by atoms with van der Waals surface area (Å²) in [5.74, 6) is 0.987. The molecule has 0 atom stereocenters. The molecule has 0 N–H and O–H groups in total. The Morgan fingerprint density at radius 1 is 0.833 bits per heavy atom. The van der Waals surface area contributed by atoms with Crippen LogP contribution in [-0.2, 0) is 20.1 Å². The summed E-state index contributed by atoms with van der Waals surface area (Å²) in [6.07, 6.45) is 1.76. The van der Waals surface area contributed by atoms with Gasteiger partial charge in [-0.3, -0.25) is 0 Å². The molecule has 0 unspecified atom stereocenters. The Morgan fingerprint density at radius 3 is 2.08 bits per heavy atom. The number of benzene rings is 2. The quantitative estimate of drug-likeness (QED) is 0.741. The van der Waals surface area contributed by atoms with Crippen LogP contribution in [-0.4, -0.2) is 27.9 Å². The van der Waals surface area contributed by atoms with E-state index in [-0.39, 0.29) is 0 Å². The van der Waals surface area contributed by atoms with Gasteiger partial charge in [0.25, 0.3) is 0 Å². The van der Waals surface area contributed by atoms with Crippen molar-refractivity contribution in [1.29, 1.82) is 0 Å². The molecule has 5 heteroatoms. The highest BCUT2D eigenvalue weighted by Gasteiger charge is 2.23. The first kappa shape index (κ1) is 14.8. The molecule has 1 aromatic heterocycles. The predicted molar refractivity (Wildman–Crippen MR) is 96.0 cm³/mol. The van der Waals surface area contributed by atoms with Crippen molar-refractivity contribution in [1.82, 2.24) is 14.8 Å². The summed E-state index contributed by atoms with van der Waals surface area (Å²) >= 11 is 0. The molecule has 0 radical (unpaired) electrons. The lowest BCUT2D eigenvalue weighted by atomic mass is 10.1. The molecule has 0 bridgehead atoms. The van der Waals surface area contributed by atoms with Crippen LogP contribution in [0, 0.1) is 0 Å². The Bertz CT molecular complexity index is 811. The van der Waals surface area contributed by atoms with E-state index in [1.807, 2.05) is 11.6 Å². The van der Waals surface area contributed by atoms with Crippen molar-refractivity contribution in [3.63, 3.8) is 0 Å². The van der Waals surface area contributed by atoms with Crippen LogP contribution in [0.1, 0.15) is 11.4 Å². The third-order valence-electron chi connectivity index (χ3n) is 4.56. The highest BCUT2D eigenvalue weighted by atomic mass is 15.3. The van der Waals surface area contributed by atoms with Crippen LogP contribution in [0.2, 0.25) is 0 Å². The van der Waals surface area contributed by atoms with Crippen LogP contribution in [0.4, 0.5) is 11.4 Å². The van der Waals surface area contributed by atoms with E-state index in [0.29, 0.717) is 0 Å². The van der Waals surface area contributed by atoms with Crippen LogP contribution in [0.15, 0.2) is 60.9 Å². The molecular formula is C19H21N5. The monoisotopic (exact) mass is 319 g/mol. The number of fused-ring (bicyclic) bond motifs is 1. The summed E-state index contributed by atoms with van der Waals surface area (Å²) in [7, 11) is 1.99. The molecule has 5 nitrogen and oxygen atoms in total. The first-order chi connectivity index (χ1) is 11.8. The van der Waals surface area contributed by atoms with Gasteiger partial charge in [0.05, 0.1) is 17.9 Å². The van der Waals surface area contributed by atoms with E-state index in [1.165, 1.54) is 16.9 Å². The van der Waals surface area contributed by atoms with Crippen molar-refractivity contribution >= 4 is 11.4 Å². The highest BCUT2D eigenvalue weighted by molar-refractivity contribution is 5.73. The fourth-order valence-electron chi connectivity index (χ4n) is 3.23. The maximum Gasteiger partial charge on any atom is 0.152 e. The van der Waals surface area contributed by atoms with E-state index in [0.717, 1.165) is 32.0 Å². The number of para-hydroxylation sites is 2. The minimum Gasteiger partial charge on any atom is -0.364 e. The van der Waals surface area contributed by atoms with Gasteiger partial charge in [0.1, 0.15) is 6.33 Å². The number of aryl methyl sites for hydroxylation is 1. The second-order valence-electron chi connectivity index (χ2n) is 6.18. The molecule has 122 valence electrons. The second-order valence-corrected chi connectivity index (χ2v) is 6.18. The molecule has 0 aliphatic carbocycles. The average Bonchev–Trinajstić information content (AvgIpc) is 3.03. The SMILES string of the molecule is Cn1cnnc1CN1CCN(Cc2ccccc2)c2ccccc21. The predicted octanol–water partition coefficient (Wildman–Crippen LogP) is 2.84. The van der Waals surface area contributed by atoms with Gasteiger partial charge in [-0.25, -0.2) is 0 Å². The van der Waals surface area contributed by atoms with E-state index >= 15 is 0 Å². The summed E-state index contributed by atoms with van der Waals surface area (Å²) in [6.45, 7) is 3.71. The lowest BCUT2D eigenvalue weighted by Crippen LogP contribution is -2.40. The summed E-state index contributed by atoms with van der Waals surface area (Å²) in [5.41, 5.74) is 3.89. The number of nitrogens with zero attached hydrogens (tertiary/aromatic N) is 5. The molecule has 2 heterocycles. The van der Waals surface area contributed by atoms with Crippen LogP contribution in [0.25, 0.3) is 0 Å². The number of anilines is 2. The lowest BCUT2D eigenvalue weighted by Gasteiger charge is -2.38. The smallest absolute Gasteiger partial charge is 0.152 e. The van der Waals surface area contributed by atoms with Crippen molar-refractivity contribution in [2.24, 2.45) is 7.05 Å². The van der Waals surface area contributed by atoms with Crippen LogP contribution >= 0.6 is 0 Å². The van der Waals surface area contributed by atoms with Crippen molar-refractivity contribution in [3.8, 4) is 0 Å². The minimum atomic E-state index is 0.784. The van der Waals surface area contributed by atoms with Crippen molar-refractivity contribution in [2.75, 3.05) is 22.9 Å². The number of hydrogen-bond donors (Lipinski definition) is 0. The summed E-state index contributed by atoms with van der Waals surface area (Å²) in [5, 5.41) is 8.22. The maximum absolute atomic E-state index is 4.23. The molecular weight excluding hydrogens is 298 g/mol. The average molecular weight is 319 g/mol. The molecule has 3 aromatic rings. The van der Waals surface area contributed by atoms with E-state index in [4.69, 9.17) is 0 Å². The van der Waals surface area contributed by atoms with Gasteiger partial charge in [-0.2, -0.15) is 0 Å². The molecule has 0 spiro atoms. The Kier molecular flexibility index (Phi) is 3.91. The Balaban J connectivity index is 1.59. The van der Waals surface area contributed by atoms with Gasteiger partial charge in [-0.05, 0) is 17.7 Å². The lowest BCUT2D eigenvalue weighted by molar-refractivity contribution is 0.663. The summed E-state index contributed by atoms with van der Waals surface area (Å²) in [6, 6.07) is 19.3. The number of aromatic nitrogens is 3. The Morgan fingerprint density at radius 2 is 1.46 bits per heavy atom. The van der Waals surface area contributed by atoms with Crippen LogP contribution < -0.4 is 9.80 Å². The van der Waals surface area contributed by atoms with Gasteiger partial charge in [-0.15, -0.1) is 10.2 Å². The molecule has 1 aliphatic rings. The zero-order chi connectivity index (χ0) is 16.4. The van der Waals surface area contributed by atoms with Crippen molar-refractivity contribution in [3.05, 3.63) is 72.3 Å². The van der Waals surface area contributed by atoms with Crippen LogP contribution in [0.3, 0.4) is 0 Å². The number of hydrogen-bond acceptors (Lipinski definition) is 4. The fraction of sp³-hybridized carbons (Fsp3) is 0.263. The van der Waals surface area contributed by atoms with Gasteiger partial charge in [0.2, 0.25) is 0 Å². The Labute approximate surface area is 142 Å². The number of rotatable bonds is 4. The first-order valence-electron chi connectivity index (χ1n) is 8.27. The highest BCUT2D eigenvalue weighted by Crippen LogP contribution is 2.34. The Hall–Kier alpha value is -2.82. The van der Waals surface area contributed by atoms with E-state index in [1.54, 1.807) is 6.33 Å². The molecule has 0 amide bonds. The zero-order valence-electron chi connectivity index (χ0n) is 13.8. The van der Waals surface area contributed by atoms with Gasteiger partial charge < -0.3 is 14.4 Å². The van der Waals surface area contributed by atoms with E-state index in [9.17, 15) is 0 Å². The van der Waals surface area contributed by atoms with Gasteiger partial charge in [0.15, 0.2) is 5.82 Å². The molecule has 0 saturated carbocycles. The largest absolute Gasteiger partial charge is 0.364 e. The maximum atomic E-state index is 4.23. The minimum absolute atomic E-state index is 0.784. The van der Waals surface area contributed by atoms with E-state index in [2.05, 4.69) is 74.6 Å². The third-order valence-corrected chi connectivity index (χ3v) is 4.56. The van der Waals surface area contributed by atoms with E-state index < -0.39 is 0 Å². The fourth-order valence-corrected chi connectivity index (χ4v) is 3.23. The molecule has 1 aliphatic heterocycles. The van der Waals surface area contributed by atoms with Crippen molar-refractivity contribution < 1.29 is 0 Å². The normalized spacial score (nSPS) is 13.9. The molecule has 24 heavy (non-hydrogen) atoms. The third kappa shape index (κ3) is 2.85. The summed E-state index contributed by atoms with van der Waals surface area (Å²) in [4.78, 5) is 4.85. The van der Waals surface area contributed by atoms with Crippen molar-refractivity contribution in [2.45, 2.75) is 13.1 Å². The van der Waals surface area contributed by atoms with Gasteiger partial charge in [-0.1, -0.05) is 42.5 Å². The van der Waals surface area contributed by atoms with Gasteiger partial charge >= 0.3 is 0 Å². The first-order valence-corrected chi connectivity index (χ1v) is 8.27. The molecule has 0 fully saturated rings. The molecule has 2 aromatic carbocycles. The standard InChI is InChI=1S/C19H21N5/c1-22-15-20-21-19(22)14-24-12-11-23(13-16-7-3-2-4-8-16)17-9-5-6-10-18(17)24/h2-10,15H,11-14H2,1H3. The molecule has 4 rings (SSSR count). The van der Waals surface area contributed by atoms with Gasteiger partial charge in [0, 0.05) is 26.7 Å². The van der Waals surface area contributed by atoms with Crippen LogP contribution in [0.5, 0.6) is 0 Å². The topological polar surface area (TPSA) is 37.2 Å².